The highest BCUT2D eigenvalue weighted by atomic mass is 32.2. The molecule has 11 heteroatoms. The van der Waals surface area contributed by atoms with Crippen molar-refractivity contribution >= 4 is 43.9 Å². The standard InChI is InChI=1S/C28H33FN8OS/c1-18-22(36-14-12-35(2)13-15-36)11-10-21(26(18)29)31-28-30-17-20-16-23(19-8-9-19)37(27(20)33-28)25-7-5-6-24(32-25)34-39(3,4)38/h5-7,10-11,16-17,19H,8-9,12-15H2,1-4H3,(H,30,31,33). The molecule has 0 unspecified atom stereocenters. The van der Waals surface area contributed by atoms with Gasteiger partial charge < -0.3 is 15.1 Å². The molecule has 1 saturated carbocycles. The van der Waals surface area contributed by atoms with Crippen molar-refractivity contribution in [3.8, 4) is 5.82 Å². The lowest BCUT2D eigenvalue weighted by Crippen LogP contribution is -2.44. The lowest BCUT2D eigenvalue weighted by Gasteiger charge is -2.35. The molecule has 2 aliphatic rings. The number of piperazine rings is 1. The van der Waals surface area contributed by atoms with Gasteiger partial charge in [-0.25, -0.2) is 18.6 Å². The summed E-state index contributed by atoms with van der Waals surface area (Å²) in [5.41, 5.74) is 3.65. The van der Waals surface area contributed by atoms with E-state index in [1.807, 2.05) is 29.7 Å². The van der Waals surface area contributed by atoms with Crippen molar-refractivity contribution in [3.63, 3.8) is 0 Å². The molecule has 0 radical (unpaired) electrons. The van der Waals surface area contributed by atoms with Crippen LogP contribution in [-0.2, 0) is 9.73 Å². The Morgan fingerprint density at radius 3 is 2.56 bits per heavy atom. The quantitative estimate of drug-likeness (QED) is 0.363. The molecule has 2 fully saturated rings. The van der Waals surface area contributed by atoms with E-state index in [1.54, 1.807) is 30.8 Å². The van der Waals surface area contributed by atoms with E-state index in [1.165, 1.54) is 0 Å². The van der Waals surface area contributed by atoms with Crippen molar-refractivity contribution in [2.75, 3.05) is 56.0 Å². The number of anilines is 3. The van der Waals surface area contributed by atoms with E-state index in [0.29, 0.717) is 40.4 Å². The number of likely N-dealkylation sites (N-methyl/N-ethyl adjacent to an activating group) is 1. The first-order valence-corrected chi connectivity index (χ1v) is 15.5. The van der Waals surface area contributed by atoms with Crippen LogP contribution in [0.1, 0.15) is 30.0 Å². The zero-order chi connectivity index (χ0) is 27.3. The summed E-state index contributed by atoms with van der Waals surface area (Å²) in [7, 11) is -0.248. The zero-order valence-electron chi connectivity index (χ0n) is 22.7. The molecule has 0 amide bonds. The topological polar surface area (TPSA) is 91.5 Å². The third-order valence-electron chi connectivity index (χ3n) is 7.28. The van der Waals surface area contributed by atoms with E-state index in [0.717, 1.165) is 55.8 Å². The van der Waals surface area contributed by atoms with Crippen LogP contribution < -0.4 is 10.2 Å². The smallest absolute Gasteiger partial charge is 0.229 e. The molecule has 1 saturated heterocycles. The number of aromatic nitrogens is 4. The van der Waals surface area contributed by atoms with E-state index >= 15 is 4.39 Å². The van der Waals surface area contributed by atoms with Gasteiger partial charge in [-0.05, 0) is 63.1 Å². The maximum absolute atomic E-state index is 15.5. The number of fused-ring (bicyclic) bond motifs is 1. The highest BCUT2D eigenvalue weighted by Gasteiger charge is 2.29. The number of halogens is 1. The predicted octanol–water partition coefficient (Wildman–Crippen LogP) is 4.99. The summed E-state index contributed by atoms with van der Waals surface area (Å²) in [5.74, 6) is 1.49. The Hall–Kier alpha value is -3.57. The van der Waals surface area contributed by atoms with Gasteiger partial charge in [0.15, 0.2) is 17.3 Å². The molecular weight excluding hydrogens is 515 g/mol. The fourth-order valence-electron chi connectivity index (χ4n) is 5.08. The minimum absolute atomic E-state index is 0.303. The summed E-state index contributed by atoms with van der Waals surface area (Å²) in [4.78, 5) is 18.5. The Kier molecular flexibility index (Phi) is 6.50. The second kappa shape index (κ2) is 9.87. The maximum Gasteiger partial charge on any atom is 0.229 e. The van der Waals surface area contributed by atoms with Crippen LogP contribution >= 0.6 is 0 Å². The first-order valence-electron chi connectivity index (χ1n) is 13.2. The molecule has 1 aromatic carbocycles. The molecule has 0 spiro atoms. The van der Waals surface area contributed by atoms with Crippen molar-refractivity contribution in [2.24, 2.45) is 4.36 Å². The minimum Gasteiger partial charge on any atom is -0.369 e. The van der Waals surface area contributed by atoms with E-state index in [-0.39, 0.29) is 5.82 Å². The first-order chi connectivity index (χ1) is 18.7. The molecule has 3 aromatic heterocycles. The number of nitrogens with one attached hydrogen (secondary N) is 1. The van der Waals surface area contributed by atoms with Crippen LogP contribution in [0.3, 0.4) is 0 Å². The predicted molar refractivity (Wildman–Crippen MR) is 155 cm³/mol. The van der Waals surface area contributed by atoms with E-state index in [9.17, 15) is 4.21 Å². The molecule has 4 heterocycles. The number of benzene rings is 1. The van der Waals surface area contributed by atoms with Crippen molar-refractivity contribution in [1.82, 2.24) is 24.4 Å². The summed E-state index contributed by atoms with van der Waals surface area (Å²) in [6.45, 7) is 5.48. The molecule has 4 aromatic rings. The van der Waals surface area contributed by atoms with Crippen LogP contribution in [0.2, 0.25) is 0 Å². The molecule has 6 rings (SSSR count). The molecule has 0 bridgehead atoms. The normalized spacial score (nSPS) is 16.6. The fraction of sp³-hybridized carbons (Fsp3) is 0.393. The van der Waals surface area contributed by atoms with E-state index in [2.05, 4.69) is 42.6 Å². The van der Waals surface area contributed by atoms with Crippen LogP contribution in [0.5, 0.6) is 0 Å². The number of hydrogen-bond acceptors (Lipinski definition) is 8. The van der Waals surface area contributed by atoms with Crippen LogP contribution in [0, 0.1) is 12.7 Å². The third-order valence-corrected chi connectivity index (χ3v) is 7.90. The summed E-state index contributed by atoms with van der Waals surface area (Å²) in [5, 5.41) is 3.98. The summed E-state index contributed by atoms with van der Waals surface area (Å²) in [6.07, 6.45) is 7.13. The van der Waals surface area contributed by atoms with Gasteiger partial charge >= 0.3 is 0 Å². The summed E-state index contributed by atoms with van der Waals surface area (Å²) >= 11 is 0. The molecule has 204 valence electrons. The zero-order valence-corrected chi connectivity index (χ0v) is 23.5. The molecule has 39 heavy (non-hydrogen) atoms. The Balaban J connectivity index is 1.36. The second-order valence-corrected chi connectivity index (χ2v) is 13.3. The highest BCUT2D eigenvalue weighted by molar-refractivity contribution is 7.92. The van der Waals surface area contributed by atoms with Crippen molar-refractivity contribution in [1.29, 1.82) is 0 Å². The highest BCUT2D eigenvalue weighted by Crippen LogP contribution is 2.43. The number of hydrogen-bond donors (Lipinski definition) is 1. The Morgan fingerprint density at radius 2 is 1.85 bits per heavy atom. The molecular formula is C28H33FN8OS. The monoisotopic (exact) mass is 548 g/mol. The number of rotatable bonds is 6. The Labute approximate surface area is 228 Å². The molecule has 1 N–H and O–H groups in total. The Morgan fingerprint density at radius 1 is 1.08 bits per heavy atom. The average molecular weight is 549 g/mol. The van der Waals surface area contributed by atoms with Gasteiger partial charge in [-0.1, -0.05) is 6.07 Å². The maximum atomic E-state index is 15.5. The second-order valence-electron chi connectivity index (χ2n) is 10.8. The number of nitrogens with zero attached hydrogens (tertiary/aromatic N) is 7. The van der Waals surface area contributed by atoms with E-state index < -0.39 is 9.73 Å². The van der Waals surface area contributed by atoms with Gasteiger partial charge in [-0.15, -0.1) is 0 Å². The van der Waals surface area contributed by atoms with Crippen molar-refractivity contribution < 1.29 is 8.60 Å². The fourth-order valence-corrected chi connectivity index (χ4v) is 5.64. The van der Waals surface area contributed by atoms with Gasteiger partial charge in [-0.3, -0.25) is 4.57 Å². The first kappa shape index (κ1) is 25.7. The van der Waals surface area contributed by atoms with Gasteiger partial charge in [0.05, 0.1) is 5.69 Å². The SMILES string of the molecule is Cc1c(N2CCN(C)CC2)ccc(Nc2ncc3cc(C4CC4)n(-c4cccc(N=S(C)(C)=O)n4)c3n2)c1F. The van der Waals surface area contributed by atoms with Crippen LogP contribution in [-0.4, -0.2) is 74.4 Å². The van der Waals surface area contributed by atoms with E-state index in [4.69, 9.17) is 4.98 Å². The lowest BCUT2D eigenvalue weighted by molar-refractivity contribution is 0.312. The largest absolute Gasteiger partial charge is 0.369 e. The molecule has 1 aliphatic carbocycles. The van der Waals surface area contributed by atoms with Gasteiger partial charge in [0, 0.05) is 76.9 Å². The van der Waals surface area contributed by atoms with Crippen molar-refractivity contribution in [3.05, 3.63) is 59.7 Å². The lowest BCUT2D eigenvalue weighted by atomic mass is 10.1. The van der Waals surface area contributed by atoms with Crippen LogP contribution in [0.15, 0.2) is 47.0 Å². The van der Waals surface area contributed by atoms with Crippen LogP contribution in [0.4, 0.5) is 27.5 Å². The minimum atomic E-state index is -2.35. The average Bonchev–Trinajstić information content (AvgIpc) is 3.67. The summed E-state index contributed by atoms with van der Waals surface area (Å²) < 4.78 is 34.1. The van der Waals surface area contributed by atoms with Gasteiger partial charge in [0.2, 0.25) is 5.95 Å². The van der Waals surface area contributed by atoms with Crippen LogP contribution in [0.25, 0.3) is 16.9 Å². The molecule has 1 aliphatic heterocycles. The van der Waals surface area contributed by atoms with Crippen molar-refractivity contribution in [2.45, 2.75) is 25.7 Å². The van der Waals surface area contributed by atoms with Gasteiger partial charge in [0.25, 0.3) is 0 Å². The third kappa shape index (κ3) is 5.33. The Bertz CT molecular complexity index is 1670. The van der Waals surface area contributed by atoms with Gasteiger partial charge in [0.1, 0.15) is 5.82 Å². The molecule has 9 nitrogen and oxygen atoms in total. The summed E-state index contributed by atoms with van der Waals surface area (Å²) in [6, 6.07) is 11.3. The number of pyridine rings is 1. The van der Waals surface area contributed by atoms with Gasteiger partial charge in [-0.2, -0.15) is 9.35 Å². The molecule has 0 atom stereocenters.